The van der Waals surface area contributed by atoms with Crippen LogP contribution in [-0.4, -0.2) is 30.3 Å². The third-order valence-corrected chi connectivity index (χ3v) is 10.3. The van der Waals surface area contributed by atoms with E-state index in [9.17, 15) is 5.11 Å². The standard InChI is InChI=1S/C41H85NO/c1-6-8-10-12-14-16-18-20-22-24-26-28-30-32-34-36-38-41(3,40(43)42(4)5)39-37-35-33-31-29-27-25-23-21-19-17-15-13-11-9-7-2/h40,43H,6-39H2,1-5H3. The second kappa shape index (κ2) is 33.3. The minimum atomic E-state index is -0.319. The van der Waals surface area contributed by atoms with Crippen molar-refractivity contribution in [1.29, 1.82) is 0 Å². The topological polar surface area (TPSA) is 23.5 Å². The van der Waals surface area contributed by atoms with E-state index in [0.717, 1.165) is 0 Å². The molecule has 0 saturated heterocycles. The fraction of sp³-hybridized carbons (Fsp3) is 1.00. The highest BCUT2D eigenvalue weighted by atomic mass is 16.3. The zero-order valence-electron chi connectivity index (χ0n) is 31.0. The molecule has 1 N–H and O–H groups in total. The summed E-state index contributed by atoms with van der Waals surface area (Å²) in [5.74, 6) is 0. The maximum Gasteiger partial charge on any atom is 0.112 e. The number of unbranched alkanes of at least 4 members (excludes halogenated alkanes) is 30. The predicted octanol–water partition coefficient (Wildman–Crippen LogP) is 14.2. The van der Waals surface area contributed by atoms with Crippen LogP contribution in [0.5, 0.6) is 0 Å². The van der Waals surface area contributed by atoms with E-state index in [1.165, 1.54) is 218 Å². The molecule has 1 unspecified atom stereocenters. The summed E-state index contributed by atoms with van der Waals surface area (Å²) in [7, 11) is 4.09. The molecule has 0 aliphatic rings. The molecular formula is C41H85NO. The Morgan fingerprint density at radius 2 is 0.558 bits per heavy atom. The highest BCUT2D eigenvalue weighted by Gasteiger charge is 2.33. The van der Waals surface area contributed by atoms with E-state index in [1.807, 2.05) is 19.0 Å². The van der Waals surface area contributed by atoms with Gasteiger partial charge in [0, 0.05) is 5.41 Å². The molecule has 0 aromatic carbocycles. The largest absolute Gasteiger partial charge is 0.378 e. The quantitative estimate of drug-likeness (QED) is 0.0565. The van der Waals surface area contributed by atoms with E-state index >= 15 is 0 Å². The molecule has 0 fully saturated rings. The van der Waals surface area contributed by atoms with Gasteiger partial charge in [0.1, 0.15) is 6.23 Å². The van der Waals surface area contributed by atoms with Crippen molar-refractivity contribution >= 4 is 0 Å². The Labute approximate surface area is 274 Å². The lowest BCUT2D eigenvalue weighted by Crippen LogP contribution is -2.42. The number of aliphatic hydroxyl groups excluding tert-OH is 1. The molecule has 0 spiro atoms. The molecule has 0 aromatic rings. The van der Waals surface area contributed by atoms with E-state index in [1.54, 1.807) is 0 Å². The summed E-state index contributed by atoms with van der Waals surface area (Å²) in [5, 5.41) is 11.0. The van der Waals surface area contributed by atoms with Gasteiger partial charge >= 0.3 is 0 Å². The summed E-state index contributed by atoms with van der Waals surface area (Å²) in [4.78, 5) is 2.04. The van der Waals surface area contributed by atoms with Crippen molar-refractivity contribution in [2.24, 2.45) is 5.41 Å². The summed E-state index contributed by atoms with van der Waals surface area (Å²) < 4.78 is 0. The average molecular weight is 608 g/mol. The Morgan fingerprint density at radius 3 is 0.744 bits per heavy atom. The van der Waals surface area contributed by atoms with Crippen molar-refractivity contribution in [2.75, 3.05) is 14.1 Å². The zero-order chi connectivity index (χ0) is 31.7. The van der Waals surface area contributed by atoms with Crippen molar-refractivity contribution in [3.05, 3.63) is 0 Å². The normalized spacial score (nSPS) is 12.9. The minimum Gasteiger partial charge on any atom is -0.378 e. The van der Waals surface area contributed by atoms with Gasteiger partial charge in [-0.3, -0.25) is 4.90 Å². The molecule has 0 heterocycles. The van der Waals surface area contributed by atoms with Crippen LogP contribution >= 0.6 is 0 Å². The van der Waals surface area contributed by atoms with Gasteiger partial charge in [0.25, 0.3) is 0 Å². The van der Waals surface area contributed by atoms with Crippen LogP contribution in [0.3, 0.4) is 0 Å². The Hall–Kier alpha value is -0.0800. The smallest absolute Gasteiger partial charge is 0.112 e. The molecule has 2 nitrogen and oxygen atoms in total. The molecule has 0 bridgehead atoms. The van der Waals surface area contributed by atoms with E-state index < -0.39 is 0 Å². The Morgan fingerprint density at radius 1 is 0.372 bits per heavy atom. The number of hydrogen-bond donors (Lipinski definition) is 1. The Bertz CT molecular complexity index is 482. The fourth-order valence-corrected chi connectivity index (χ4v) is 7.16. The molecule has 0 rings (SSSR count). The molecule has 0 aromatic heterocycles. The van der Waals surface area contributed by atoms with Crippen LogP contribution < -0.4 is 0 Å². The summed E-state index contributed by atoms with van der Waals surface area (Å²) in [6.07, 6.45) is 47.4. The molecule has 0 saturated carbocycles. The molecular weight excluding hydrogens is 522 g/mol. The van der Waals surface area contributed by atoms with E-state index in [2.05, 4.69) is 20.8 Å². The molecule has 0 amide bonds. The molecule has 0 radical (unpaired) electrons. The Kier molecular flexibility index (Phi) is 33.2. The fourth-order valence-electron chi connectivity index (χ4n) is 7.16. The minimum absolute atomic E-state index is 0.0372. The maximum absolute atomic E-state index is 11.0. The summed E-state index contributed by atoms with van der Waals surface area (Å²) in [6, 6.07) is 0. The van der Waals surface area contributed by atoms with Gasteiger partial charge in [0.15, 0.2) is 0 Å². The van der Waals surface area contributed by atoms with E-state index in [4.69, 9.17) is 0 Å². The van der Waals surface area contributed by atoms with Crippen LogP contribution in [0.4, 0.5) is 0 Å². The van der Waals surface area contributed by atoms with E-state index in [-0.39, 0.29) is 11.6 Å². The van der Waals surface area contributed by atoms with Gasteiger partial charge in [-0.05, 0) is 26.9 Å². The lowest BCUT2D eigenvalue weighted by molar-refractivity contribution is -0.0718. The van der Waals surface area contributed by atoms with Gasteiger partial charge < -0.3 is 5.11 Å². The van der Waals surface area contributed by atoms with Crippen molar-refractivity contribution in [3.63, 3.8) is 0 Å². The first-order valence-corrected chi connectivity index (χ1v) is 20.3. The number of nitrogens with zero attached hydrogens (tertiary/aromatic N) is 1. The average Bonchev–Trinajstić information content (AvgIpc) is 3.00. The van der Waals surface area contributed by atoms with Crippen LogP contribution in [0.2, 0.25) is 0 Å². The third-order valence-electron chi connectivity index (χ3n) is 10.3. The van der Waals surface area contributed by atoms with Gasteiger partial charge in [-0.25, -0.2) is 0 Å². The van der Waals surface area contributed by atoms with E-state index in [0.29, 0.717) is 0 Å². The van der Waals surface area contributed by atoms with Crippen LogP contribution in [0.1, 0.15) is 239 Å². The van der Waals surface area contributed by atoms with Crippen LogP contribution in [-0.2, 0) is 0 Å². The number of rotatable bonds is 36. The molecule has 2 heteroatoms. The highest BCUT2D eigenvalue weighted by Crippen LogP contribution is 2.36. The molecule has 260 valence electrons. The zero-order valence-corrected chi connectivity index (χ0v) is 31.0. The van der Waals surface area contributed by atoms with Crippen LogP contribution in [0, 0.1) is 5.41 Å². The maximum atomic E-state index is 11.0. The molecule has 0 aliphatic carbocycles. The molecule has 43 heavy (non-hydrogen) atoms. The lowest BCUT2D eigenvalue weighted by atomic mass is 9.77. The van der Waals surface area contributed by atoms with Gasteiger partial charge in [-0.1, -0.05) is 226 Å². The van der Waals surface area contributed by atoms with Gasteiger partial charge in [0.2, 0.25) is 0 Å². The van der Waals surface area contributed by atoms with Crippen LogP contribution in [0.15, 0.2) is 0 Å². The molecule has 0 aliphatic heterocycles. The van der Waals surface area contributed by atoms with Crippen molar-refractivity contribution in [3.8, 4) is 0 Å². The highest BCUT2D eigenvalue weighted by molar-refractivity contribution is 4.81. The first-order valence-electron chi connectivity index (χ1n) is 20.3. The SMILES string of the molecule is CCCCCCCCCCCCCCCCCCC(C)(CCCCCCCCCCCCCCCCCC)C(O)N(C)C. The number of hydrogen-bond acceptors (Lipinski definition) is 2. The molecule has 1 atom stereocenters. The summed E-state index contributed by atoms with van der Waals surface area (Å²) in [6.45, 7) is 6.96. The predicted molar refractivity (Wildman–Crippen MR) is 196 cm³/mol. The van der Waals surface area contributed by atoms with Crippen LogP contribution in [0.25, 0.3) is 0 Å². The summed E-state index contributed by atoms with van der Waals surface area (Å²) >= 11 is 0. The van der Waals surface area contributed by atoms with Gasteiger partial charge in [-0.2, -0.15) is 0 Å². The first-order chi connectivity index (χ1) is 21.0. The Balaban J connectivity index is 3.73. The van der Waals surface area contributed by atoms with Gasteiger partial charge in [-0.15, -0.1) is 0 Å². The van der Waals surface area contributed by atoms with Crippen molar-refractivity contribution in [1.82, 2.24) is 4.90 Å². The number of aliphatic hydroxyl groups is 1. The lowest BCUT2D eigenvalue weighted by Gasteiger charge is -2.38. The second-order valence-electron chi connectivity index (χ2n) is 15.1. The van der Waals surface area contributed by atoms with Crippen molar-refractivity contribution < 1.29 is 5.11 Å². The first kappa shape index (κ1) is 42.9. The second-order valence-corrected chi connectivity index (χ2v) is 15.1. The van der Waals surface area contributed by atoms with Crippen molar-refractivity contribution in [2.45, 2.75) is 245 Å². The monoisotopic (exact) mass is 608 g/mol. The summed E-state index contributed by atoms with van der Waals surface area (Å²) in [5.41, 5.74) is 0.0372. The van der Waals surface area contributed by atoms with Gasteiger partial charge in [0.05, 0.1) is 0 Å². The third kappa shape index (κ3) is 29.1.